The zero-order valence-electron chi connectivity index (χ0n) is 30.8. The Bertz CT molecular complexity index is 2040. The minimum atomic E-state index is -5.62. The Morgan fingerprint density at radius 1 is 0.352 bits per heavy atom. The molecule has 0 spiro atoms. The lowest BCUT2D eigenvalue weighted by Crippen LogP contribution is -2.81. The second kappa shape index (κ2) is 16.3. The molecular formula is C38H48N4O8S4. The van der Waals surface area contributed by atoms with Crippen molar-refractivity contribution >= 4 is 39.3 Å². The van der Waals surface area contributed by atoms with E-state index in [9.17, 15) is 0 Å². The van der Waals surface area contributed by atoms with Crippen LogP contribution in [0.25, 0.3) is 0 Å². The Hall–Kier alpha value is -3.48. The van der Waals surface area contributed by atoms with E-state index in [1.165, 1.54) is 48.5 Å². The Balaban J connectivity index is 2.10. The first-order valence-corrected chi connectivity index (χ1v) is 23.6. The Morgan fingerprint density at radius 3 is 0.796 bits per heavy atom. The van der Waals surface area contributed by atoms with Crippen LogP contribution in [0.5, 0.6) is 0 Å². The van der Waals surface area contributed by atoms with Gasteiger partial charge in [0.05, 0.1) is 19.6 Å². The van der Waals surface area contributed by atoms with Gasteiger partial charge in [-0.05, 0) is 115 Å². The third-order valence-corrected chi connectivity index (χ3v) is 21.1. The largest absolute Gasteiger partial charge is 0.315 e. The molecule has 0 bridgehead atoms. The summed E-state index contributed by atoms with van der Waals surface area (Å²) in [6, 6.07) is 20.8. The molecule has 1 heterocycles. The topological polar surface area (TPSA) is 185 Å². The van der Waals surface area contributed by atoms with Crippen molar-refractivity contribution in [2.45, 2.75) is 68.5 Å². The van der Waals surface area contributed by atoms with Crippen molar-refractivity contribution in [2.24, 2.45) is 0 Å². The number of benzene rings is 4. The lowest BCUT2D eigenvalue weighted by Gasteiger charge is -2.47. The maximum Gasteiger partial charge on any atom is 0.280 e. The van der Waals surface area contributed by atoms with E-state index in [0.717, 1.165) is 48.5 Å². The molecule has 16 heteroatoms. The van der Waals surface area contributed by atoms with Crippen molar-refractivity contribution < 1.29 is 33.7 Å². The highest BCUT2D eigenvalue weighted by atomic mass is 32.3. The van der Waals surface area contributed by atoms with E-state index < -0.39 is 80.4 Å². The van der Waals surface area contributed by atoms with Crippen molar-refractivity contribution in [2.75, 3.05) is 39.3 Å². The molecule has 1 aliphatic rings. The summed E-state index contributed by atoms with van der Waals surface area (Å²) in [4.78, 5) is -2.38. The highest BCUT2D eigenvalue weighted by molar-refractivity contribution is 8.17. The minimum absolute atomic E-state index is 0.0970. The van der Waals surface area contributed by atoms with Gasteiger partial charge in [-0.2, -0.15) is 0 Å². The summed E-state index contributed by atoms with van der Waals surface area (Å²) in [6.45, 7) is 7.60. The lowest BCUT2D eigenvalue weighted by molar-refractivity contribution is 0.382. The quantitative estimate of drug-likeness (QED) is 0.203. The molecule has 4 aromatic rings. The van der Waals surface area contributed by atoms with Gasteiger partial charge in [-0.25, -0.2) is 33.7 Å². The van der Waals surface area contributed by atoms with Crippen LogP contribution in [0.3, 0.4) is 0 Å². The molecule has 4 aromatic carbocycles. The normalized spacial score (nSPS) is 18.0. The molecule has 1 fully saturated rings. The van der Waals surface area contributed by atoms with E-state index in [1.807, 2.05) is 0 Å². The van der Waals surface area contributed by atoms with E-state index in [2.05, 4.69) is 21.3 Å². The molecule has 1 aliphatic heterocycles. The molecule has 4 N–H and O–H groups in total. The van der Waals surface area contributed by atoms with Crippen LogP contribution in [0.1, 0.15) is 35.1 Å². The maximum absolute atomic E-state index is 15.9. The molecule has 292 valence electrons. The second-order valence-corrected chi connectivity index (χ2v) is 22.4. The molecule has 54 heavy (non-hydrogen) atoms. The molecule has 12 nitrogen and oxygen atoms in total. The van der Waals surface area contributed by atoms with Crippen LogP contribution in [0.4, 0.5) is 0 Å². The molecule has 0 aromatic heterocycles. The van der Waals surface area contributed by atoms with Crippen molar-refractivity contribution in [3.8, 4) is 0 Å². The van der Waals surface area contributed by atoms with Crippen LogP contribution in [0, 0.1) is 27.7 Å². The average Bonchev–Trinajstić information content (AvgIpc) is 3.12. The molecule has 5 rings (SSSR count). The maximum atomic E-state index is 15.9. The lowest BCUT2D eigenvalue weighted by atomic mass is 10.2. The summed E-state index contributed by atoms with van der Waals surface area (Å²) in [5.41, 5.74) is 2.52. The molecule has 0 saturated carbocycles. The van der Waals surface area contributed by atoms with Gasteiger partial charge in [0.1, 0.15) is 0 Å². The highest BCUT2D eigenvalue weighted by Gasteiger charge is 2.80. The molecule has 1 saturated heterocycles. The number of rotatable bonds is 8. The van der Waals surface area contributed by atoms with Gasteiger partial charge in [-0.3, -0.25) is 10.6 Å². The van der Waals surface area contributed by atoms with E-state index in [4.69, 9.17) is 0 Å². The third-order valence-electron chi connectivity index (χ3n) is 9.53. The summed E-state index contributed by atoms with van der Waals surface area (Å²) in [5.74, 6) is 0. The van der Waals surface area contributed by atoms with Gasteiger partial charge in [0.25, 0.3) is 8.41 Å². The van der Waals surface area contributed by atoms with E-state index in [0.29, 0.717) is 35.3 Å². The summed E-state index contributed by atoms with van der Waals surface area (Å²) in [6.07, 6.45) is 0.194. The van der Waals surface area contributed by atoms with Crippen LogP contribution in [-0.2, 0) is 39.3 Å². The first-order valence-electron chi connectivity index (χ1n) is 17.6. The SMILES string of the molecule is Cc1ccc(S(=O)(=O)C2(S(=O)(=O)c3ccc(C)cc3)NCCCNCCNCCCNC2(S(=O)(=O)c2ccc(C)cc2)S(=O)(=O)c2ccc(C)cc2)cc1. The van der Waals surface area contributed by atoms with Gasteiger partial charge in [0.2, 0.25) is 39.3 Å². The van der Waals surface area contributed by atoms with Crippen LogP contribution in [0.15, 0.2) is 117 Å². The molecule has 0 unspecified atom stereocenters. The van der Waals surface area contributed by atoms with Crippen LogP contribution in [-0.4, -0.2) is 81.3 Å². The minimum Gasteiger partial charge on any atom is -0.315 e. The highest BCUT2D eigenvalue weighted by Crippen LogP contribution is 2.51. The predicted octanol–water partition coefficient (Wildman–Crippen LogP) is 3.58. The van der Waals surface area contributed by atoms with Gasteiger partial charge < -0.3 is 10.6 Å². The van der Waals surface area contributed by atoms with E-state index in [-0.39, 0.29) is 25.9 Å². The van der Waals surface area contributed by atoms with Gasteiger partial charge in [0.15, 0.2) is 0 Å². The first kappa shape index (κ1) is 41.7. The third kappa shape index (κ3) is 7.30. The summed E-state index contributed by atoms with van der Waals surface area (Å²) >= 11 is 0. The standard InChI is InChI=1S/C38H48N4O8S4/c1-29-7-15-33(16-8-29)51(43,44)37(52(45,46)34-17-9-30(2)10-18-34)38(53(47,48)35-19-11-31(3)12-20-35,54(49,50)36-21-13-32(4)14-22-36)42-26-6-24-40-28-27-39-23-5-25-41-37/h7-22,39-42H,5-6,23-28H2,1-4H3. The molecule has 0 radical (unpaired) electrons. The van der Waals surface area contributed by atoms with E-state index >= 15 is 33.7 Å². The monoisotopic (exact) mass is 816 g/mol. The second-order valence-electron chi connectivity index (χ2n) is 13.6. The van der Waals surface area contributed by atoms with Gasteiger partial charge in [0, 0.05) is 13.1 Å². The van der Waals surface area contributed by atoms with Crippen molar-refractivity contribution in [3.63, 3.8) is 0 Å². The van der Waals surface area contributed by atoms with Crippen molar-refractivity contribution in [1.29, 1.82) is 0 Å². The average molecular weight is 817 g/mol. The summed E-state index contributed by atoms with van der Waals surface area (Å²) in [5, 5.41) is 11.8. The summed E-state index contributed by atoms with van der Waals surface area (Å²) < 4.78 is 119. The van der Waals surface area contributed by atoms with Crippen LogP contribution < -0.4 is 21.3 Å². The zero-order chi connectivity index (χ0) is 39.4. The molecule has 0 aliphatic carbocycles. The van der Waals surface area contributed by atoms with E-state index in [1.54, 1.807) is 27.7 Å². The number of hydrogen-bond acceptors (Lipinski definition) is 12. The number of nitrogens with one attached hydrogen (secondary N) is 4. The first-order chi connectivity index (χ1) is 25.5. The van der Waals surface area contributed by atoms with Crippen LogP contribution in [0.2, 0.25) is 0 Å². The van der Waals surface area contributed by atoms with Crippen molar-refractivity contribution in [3.05, 3.63) is 119 Å². The number of hydrogen-bond donors (Lipinski definition) is 4. The molecule has 0 atom stereocenters. The van der Waals surface area contributed by atoms with Crippen LogP contribution >= 0.6 is 0 Å². The summed E-state index contributed by atoms with van der Waals surface area (Å²) in [7, 11) is -22.5. The van der Waals surface area contributed by atoms with Gasteiger partial charge in [-0.1, -0.05) is 70.8 Å². The predicted molar refractivity (Wildman–Crippen MR) is 210 cm³/mol. The number of sulfone groups is 4. The Morgan fingerprint density at radius 2 is 0.574 bits per heavy atom. The fraction of sp³-hybridized carbons (Fsp3) is 0.368. The fourth-order valence-electron chi connectivity index (χ4n) is 6.50. The molecular weight excluding hydrogens is 769 g/mol. The Labute approximate surface area is 319 Å². The number of aryl methyl sites for hydroxylation is 4. The zero-order valence-corrected chi connectivity index (χ0v) is 34.1. The smallest absolute Gasteiger partial charge is 0.280 e. The van der Waals surface area contributed by atoms with Gasteiger partial charge >= 0.3 is 0 Å². The van der Waals surface area contributed by atoms with Crippen molar-refractivity contribution in [1.82, 2.24) is 21.3 Å². The Kier molecular flexibility index (Phi) is 12.6. The fourth-order valence-corrected chi connectivity index (χ4v) is 18.8. The molecule has 0 amide bonds. The van der Waals surface area contributed by atoms with Gasteiger partial charge in [-0.15, -0.1) is 0 Å².